The lowest BCUT2D eigenvalue weighted by Crippen LogP contribution is -2.11. The number of carbonyl (C=O) groups is 1. The van der Waals surface area contributed by atoms with Gasteiger partial charge in [0.25, 0.3) is 0 Å². The number of allylic oxidation sites excluding steroid dienone is 1. The fraction of sp³-hybridized carbons (Fsp3) is 0.667. The van der Waals surface area contributed by atoms with Crippen LogP contribution in [0.2, 0.25) is 0 Å². The minimum absolute atomic E-state index is 0.231. The first-order chi connectivity index (χ1) is 5.77. The Bertz CT molecular complexity index is 192. The van der Waals surface area contributed by atoms with Crippen molar-refractivity contribution >= 4 is 5.78 Å². The van der Waals surface area contributed by atoms with Crippen molar-refractivity contribution in [2.45, 2.75) is 25.6 Å². The van der Waals surface area contributed by atoms with Crippen LogP contribution in [0.3, 0.4) is 0 Å². The second kappa shape index (κ2) is 4.38. The van der Waals surface area contributed by atoms with E-state index in [-0.39, 0.29) is 12.1 Å². The van der Waals surface area contributed by atoms with Crippen molar-refractivity contribution in [3.05, 3.63) is 11.6 Å². The Morgan fingerprint density at radius 1 is 1.33 bits per heavy atom. The molecule has 0 radical (unpaired) electrons. The van der Waals surface area contributed by atoms with Crippen LogP contribution in [0.15, 0.2) is 11.6 Å². The largest absolute Gasteiger partial charge is 0.352 e. The van der Waals surface area contributed by atoms with Crippen molar-refractivity contribution in [1.82, 2.24) is 0 Å². The number of ether oxygens (including phenoxy) is 2. The molecule has 3 nitrogen and oxygen atoms in total. The molecule has 0 N–H and O–H groups in total. The van der Waals surface area contributed by atoms with Gasteiger partial charge in [0.2, 0.25) is 0 Å². The van der Waals surface area contributed by atoms with Gasteiger partial charge in [-0.1, -0.05) is 0 Å². The van der Waals surface area contributed by atoms with Gasteiger partial charge in [0, 0.05) is 20.6 Å². The zero-order chi connectivity index (χ0) is 8.97. The summed E-state index contributed by atoms with van der Waals surface area (Å²) >= 11 is 0. The number of carbonyl (C=O) groups excluding carboxylic acids is 1. The first-order valence-electron chi connectivity index (χ1n) is 4.07. The Morgan fingerprint density at radius 3 is 2.42 bits per heavy atom. The maximum absolute atomic E-state index is 11.2. The van der Waals surface area contributed by atoms with Crippen LogP contribution in [0.1, 0.15) is 19.3 Å². The molecule has 1 aliphatic carbocycles. The van der Waals surface area contributed by atoms with Crippen LogP contribution >= 0.6 is 0 Å². The van der Waals surface area contributed by atoms with Crippen molar-refractivity contribution in [1.29, 1.82) is 0 Å². The van der Waals surface area contributed by atoms with Gasteiger partial charge in [0.05, 0.1) is 0 Å². The van der Waals surface area contributed by atoms with Crippen molar-refractivity contribution in [2.24, 2.45) is 0 Å². The number of hydrogen-bond donors (Lipinski definition) is 0. The van der Waals surface area contributed by atoms with E-state index in [1.165, 1.54) is 0 Å². The van der Waals surface area contributed by atoms with Gasteiger partial charge in [-0.2, -0.15) is 0 Å². The lowest BCUT2D eigenvalue weighted by atomic mass is 10.2. The highest BCUT2D eigenvalue weighted by Crippen LogP contribution is 2.21. The number of ketones is 1. The molecule has 3 heteroatoms. The highest BCUT2D eigenvalue weighted by molar-refractivity contribution is 5.97. The second-order valence-corrected chi connectivity index (χ2v) is 2.81. The summed E-state index contributed by atoms with van der Waals surface area (Å²) in [6.45, 7) is 0. The van der Waals surface area contributed by atoms with Crippen molar-refractivity contribution in [3.63, 3.8) is 0 Å². The molecule has 68 valence electrons. The number of Topliss-reactive ketones (excluding diaryl/α,β-unsaturated/α-hetero) is 1. The van der Waals surface area contributed by atoms with E-state index in [1.54, 1.807) is 20.3 Å². The third kappa shape index (κ3) is 2.16. The first kappa shape index (κ1) is 9.42. The Kier molecular flexibility index (Phi) is 3.44. The average Bonchev–Trinajstić information content (AvgIpc) is 2.47. The monoisotopic (exact) mass is 170 g/mol. The van der Waals surface area contributed by atoms with Crippen LogP contribution < -0.4 is 0 Å². The first-order valence-corrected chi connectivity index (χ1v) is 4.07. The molecule has 1 saturated carbocycles. The van der Waals surface area contributed by atoms with Crippen molar-refractivity contribution in [3.8, 4) is 0 Å². The normalized spacial score (nSPS) is 21.2. The minimum Gasteiger partial charge on any atom is -0.352 e. The summed E-state index contributed by atoms with van der Waals surface area (Å²) in [5, 5.41) is 0. The standard InChI is InChI=1S/C9H14O3/c1-11-9(12-2)6-7-4-3-5-8(7)10/h6,9H,3-5H2,1-2H3/b7-6+. The van der Waals surface area contributed by atoms with Crippen molar-refractivity contribution in [2.75, 3.05) is 14.2 Å². The van der Waals surface area contributed by atoms with E-state index < -0.39 is 0 Å². The van der Waals surface area contributed by atoms with Crippen LogP contribution in [0, 0.1) is 0 Å². The molecule has 12 heavy (non-hydrogen) atoms. The zero-order valence-corrected chi connectivity index (χ0v) is 7.50. The molecule has 0 bridgehead atoms. The van der Waals surface area contributed by atoms with Crippen molar-refractivity contribution < 1.29 is 14.3 Å². The van der Waals surface area contributed by atoms with E-state index >= 15 is 0 Å². The lowest BCUT2D eigenvalue weighted by Gasteiger charge is -2.08. The van der Waals surface area contributed by atoms with Gasteiger partial charge >= 0.3 is 0 Å². The number of rotatable bonds is 3. The van der Waals surface area contributed by atoms with Gasteiger partial charge in [0.15, 0.2) is 12.1 Å². The summed E-state index contributed by atoms with van der Waals surface area (Å²) in [4.78, 5) is 11.2. The third-order valence-electron chi connectivity index (χ3n) is 2.01. The zero-order valence-electron chi connectivity index (χ0n) is 7.50. The molecule has 1 aliphatic rings. The number of hydrogen-bond acceptors (Lipinski definition) is 3. The molecule has 0 saturated heterocycles. The fourth-order valence-corrected chi connectivity index (χ4v) is 1.31. The van der Waals surface area contributed by atoms with Crippen LogP contribution in [0.25, 0.3) is 0 Å². The Balaban J connectivity index is 2.59. The molecular formula is C9H14O3. The second-order valence-electron chi connectivity index (χ2n) is 2.81. The summed E-state index contributed by atoms with van der Waals surface area (Å²) in [5.74, 6) is 0.231. The summed E-state index contributed by atoms with van der Waals surface area (Å²) in [6, 6.07) is 0. The molecule has 0 aromatic carbocycles. The predicted octanol–water partition coefficient (Wildman–Crippen LogP) is 1.28. The molecule has 0 amide bonds. The Morgan fingerprint density at radius 2 is 2.00 bits per heavy atom. The molecular weight excluding hydrogens is 156 g/mol. The summed E-state index contributed by atoms with van der Waals surface area (Å²) in [7, 11) is 3.12. The van der Waals surface area contributed by atoms with E-state index in [4.69, 9.17) is 9.47 Å². The van der Waals surface area contributed by atoms with E-state index in [1.807, 2.05) is 0 Å². The van der Waals surface area contributed by atoms with Gasteiger partial charge in [-0.15, -0.1) is 0 Å². The predicted molar refractivity (Wildman–Crippen MR) is 44.7 cm³/mol. The van der Waals surface area contributed by atoms with E-state index in [9.17, 15) is 4.79 Å². The van der Waals surface area contributed by atoms with Crippen LogP contribution in [-0.4, -0.2) is 26.3 Å². The van der Waals surface area contributed by atoms with Gasteiger partial charge in [-0.05, 0) is 24.5 Å². The SMILES string of the molecule is COC(/C=C1\CCCC1=O)OC. The molecule has 0 spiro atoms. The number of methoxy groups -OCH3 is 2. The molecule has 0 heterocycles. The van der Waals surface area contributed by atoms with Crippen LogP contribution in [0.5, 0.6) is 0 Å². The summed E-state index contributed by atoms with van der Waals surface area (Å²) in [5.41, 5.74) is 0.851. The fourth-order valence-electron chi connectivity index (χ4n) is 1.31. The topological polar surface area (TPSA) is 35.5 Å². The van der Waals surface area contributed by atoms with E-state index in [0.29, 0.717) is 6.42 Å². The minimum atomic E-state index is -0.373. The molecule has 1 rings (SSSR count). The third-order valence-corrected chi connectivity index (χ3v) is 2.01. The molecule has 0 aromatic rings. The van der Waals surface area contributed by atoms with Crippen LogP contribution in [0.4, 0.5) is 0 Å². The maximum Gasteiger partial charge on any atom is 0.176 e. The van der Waals surface area contributed by atoms with E-state index in [2.05, 4.69) is 0 Å². The summed E-state index contributed by atoms with van der Waals surface area (Å²) < 4.78 is 9.92. The van der Waals surface area contributed by atoms with Gasteiger partial charge in [0.1, 0.15) is 0 Å². The maximum atomic E-state index is 11.2. The molecule has 0 atom stereocenters. The smallest absolute Gasteiger partial charge is 0.176 e. The highest BCUT2D eigenvalue weighted by Gasteiger charge is 2.18. The molecule has 0 unspecified atom stereocenters. The Hall–Kier alpha value is -0.670. The van der Waals surface area contributed by atoms with E-state index in [0.717, 1.165) is 18.4 Å². The molecule has 1 fully saturated rings. The molecule has 0 aromatic heterocycles. The molecule has 0 aliphatic heterocycles. The van der Waals surface area contributed by atoms with Gasteiger partial charge in [-0.25, -0.2) is 0 Å². The van der Waals surface area contributed by atoms with Gasteiger partial charge in [-0.3, -0.25) is 4.79 Å². The lowest BCUT2D eigenvalue weighted by molar-refractivity contribution is -0.114. The average molecular weight is 170 g/mol. The Labute approximate surface area is 72.4 Å². The van der Waals surface area contributed by atoms with Crippen LogP contribution in [-0.2, 0) is 14.3 Å². The summed E-state index contributed by atoms with van der Waals surface area (Å²) in [6.07, 6.45) is 3.89. The highest BCUT2D eigenvalue weighted by atomic mass is 16.7. The quantitative estimate of drug-likeness (QED) is 0.473. The van der Waals surface area contributed by atoms with Gasteiger partial charge < -0.3 is 9.47 Å².